The highest BCUT2D eigenvalue weighted by Crippen LogP contribution is 2.38. The van der Waals surface area contributed by atoms with Gasteiger partial charge in [-0.15, -0.1) is 0 Å². The molecule has 8 nitrogen and oxygen atoms in total. The minimum Gasteiger partial charge on any atom is -0.376 e. The lowest BCUT2D eigenvalue weighted by Gasteiger charge is -2.39. The molecule has 4 aliphatic heterocycles. The molecular formula is C44H50Cl4N6O2. The Morgan fingerprint density at radius 2 is 0.893 bits per heavy atom. The first-order chi connectivity index (χ1) is 27.1. The summed E-state index contributed by atoms with van der Waals surface area (Å²) in [6, 6.07) is 33.8. The van der Waals surface area contributed by atoms with Gasteiger partial charge in [0.2, 0.25) is 11.8 Å². The molecular weight excluding hydrogens is 786 g/mol. The first kappa shape index (κ1) is 40.7. The molecule has 56 heavy (non-hydrogen) atoms. The third kappa shape index (κ3) is 11.3. The average molecular weight is 837 g/mol. The molecule has 0 radical (unpaired) electrons. The summed E-state index contributed by atoms with van der Waals surface area (Å²) in [5, 5.41) is 15.6. The number of nitrogens with one attached hydrogen (secondary N) is 4. The maximum absolute atomic E-state index is 12.4. The van der Waals surface area contributed by atoms with E-state index in [0.29, 0.717) is 34.2 Å². The molecule has 296 valence electrons. The van der Waals surface area contributed by atoms with Crippen molar-refractivity contribution in [1.29, 1.82) is 0 Å². The zero-order valence-electron chi connectivity index (χ0n) is 31.4. The largest absolute Gasteiger partial charge is 0.376 e. The molecule has 0 aliphatic carbocycles. The van der Waals surface area contributed by atoms with Crippen LogP contribution in [-0.2, 0) is 22.7 Å². The van der Waals surface area contributed by atoms with E-state index in [-0.39, 0.29) is 37.0 Å². The number of fused-ring (bicyclic) bond motifs is 4. The Kier molecular flexibility index (Phi) is 14.0. The van der Waals surface area contributed by atoms with Crippen LogP contribution in [0.25, 0.3) is 0 Å². The summed E-state index contributed by atoms with van der Waals surface area (Å²) < 4.78 is 0. The maximum atomic E-state index is 12.4. The van der Waals surface area contributed by atoms with Crippen molar-refractivity contribution in [2.24, 2.45) is 0 Å². The fraction of sp³-hybridized carbons (Fsp3) is 0.409. The molecule has 4 aromatic rings. The van der Waals surface area contributed by atoms with Gasteiger partial charge in [0.1, 0.15) is 0 Å². The summed E-state index contributed by atoms with van der Waals surface area (Å²) in [7, 11) is 0. The predicted molar refractivity (Wildman–Crippen MR) is 230 cm³/mol. The molecule has 12 heteroatoms. The third-order valence-electron chi connectivity index (χ3n) is 11.6. The molecule has 4 fully saturated rings. The van der Waals surface area contributed by atoms with Crippen LogP contribution in [0.2, 0.25) is 20.1 Å². The van der Waals surface area contributed by atoms with E-state index in [1.54, 1.807) is 0 Å². The molecule has 4 bridgehead atoms. The van der Waals surface area contributed by atoms with Gasteiger partial charge in [0.25, 0.3) is 0 Å². The molecule has 4 aliphatic rings. The Bertz CT molecular complexity index is 1890. The normalized spacial score (nSPS) is 24.1. The number of carbonyl (C=O) groups excluding carboxylic acids is 2. The standard InChI is InChI=1S/2C22H25Cl2N3O/c23-16-3-1-15(2-4-16)14-27-20-9-10-21(27)12-19(11-20)26-22(28)13-25-18-7-5-17(24)6-8-18;23-16-6-4-15(5-7-16)14-27-20-8-9-21(27)12-19(11-20)26-22(28)13-25-18-3-1-2-17(24)10-18/h1-8,19-21,25H,9-14H2,(H,26,28);1-7,10,19-21,25H,8-9,11-14H2,(H,26,28)/t2*19?,20-,21+. The average Bonchev–Trinajstić information content (AvgIpc) is 3.55. The number of halogens is 4. The van der Waals surface area contributed by atoms with Crippen LogP contribution >= 0.6 is 46.4 Å². The number of benzene rings is 4. The minimum atomic E-state index is 0.0375. The van der Waals surface area contributed by atoms with Gasteiger partial charge in [0, 0.05) is 80.8 Å². The second kappa shape index (κ2) is 19.3. The second-order valence-corrected chi connectivity index (χ2v) is 17.3. The van der Waals surface area contributed by atoms with Crippen molar-refractivity contribution in [2.75, 3.05) is 23.7 Å². The van der Waals surface area contributed by atoms with Crippen molar-refractivity contribution >= 4 is 69.6 Å². The summed E-state index contributed by atoms with van der Waals surface area (Å²) in [5.41, 5.74) is 4.36. The Labute approximate surface area is 350 Å². The minimum absolute atomic E-state index is 0.0375. The Morgan fingerprint density at radius 1 is 0.500 bits per heavy atom. The fourth-order valence-corrected chi connectivity index (χ4v) is 9.56. The third-order valence-corrected chi connectivity index (χ3v) is 12.6. The van der Waals surface area contributed by atoms with Gasteiger partial charge in [-0.05, 0) is 129 Å². The highest BCUT2D eigenvalue weighted by Gasteiger charge is 2.42. The summed E-state index contributed by atoms with van der Waals surface area (Å²) in [6.07, 6.45) is 8.95. The maximum Gasteiger partial charge on any atom is 0.239 e. The van der Waals surface area contributed by atoms with Gasteiger partial charge in [0.05, 0.1) is 13.1 Å². The number of nitrogens with zero attached hydrogens (tertiary/aromatic N) is 2. The van der Waals surface area contributed by atoms with Gasteiger partial charge in [0.15, 0.2) is 0 Å². The summed E-state index contributed by atoms with van der Waals surface area (Å²) in [4.78, 5) is 30.0. The monoisotopic (exact) mass is 834 g/mol. The Hall–Kier alpha value is -3.50. The molecule has 2 unspecified atom stereocenters. The lowest BCUT2D eigenvalue weighted by molar-refractivity contribution is -0.121. The van der Waals surface area contributed by atoms with Gasteiger partial charge in [-0.3, -0.25) is 19.4 Å². The van der Waals surface area contributed by atoms with Crippen LogP contribution in [0.15, 0.2) is 97.1 Å². The van der Waals surface area contributed by atoms with E-state index in [0.717, 1.165) is 60.2 Å². The molecule has 4 saturated heterocycles. The molecule has 4 N–H and O–H groups in total. The Balaban J connectivity index is 0.000000172. The van der Waals surface area contributed by atoms with Gasteiger partial charge in [-0.25, -0.2) is 0 Å². The SMILES string of the molecule is O=C(CNc1ccc(Cl)cc1)NC1C[C@H]2CC[C@@H](C1)N2Cc1ccc(Cl)cc1.O=C(CNc1cccc(Cl)c1)NC1C[C@H]2CC[C@@H](C1)N2Cc1ccc(Cl)cc1. The van der Waals surface area contributed by atoms with Crippen molar-refractivity contribution in [3.05, 3.63) is 128 Å². The molecule has 2 amide bonds. The zero-order chi connectivity index (χ0) is 39.0. The van der Waals surface area contributed by atoms with Crippen LogP contribution < -0.4 is 21.3 Å². The lowest BCUT2D eigenvalue weighted by Crippen LogP contribution is -2.50. The summed E-state index contributed by atoms with van der Waals surface area (Å²) in [6.45, 7) is 2.47. The van der Waals surface area contributed by atoms with Crippen molar-refractivity contribution in [1.82, 2.24) is 20.4 Å². The van der Waals surface area contributed by atoms with Crippen molar-refractivity contribution in [2.45, 2.75) is 101 Å². The topological polar surface area (TPSA) is 88.7 Å². The van der Waals surface area contributed by atoms with E-state index >= 15 is 0 Å². The van der Waals surface area contributed by atoms with Gasteiger partial charge < -0.3 is 21.3 Å². The van der Waals surface area contributed by atoms with E-state index in [1.165, 1.54) is 36.8 Å². The van der Waals surface area contributed by atoms with Crippen LogP contribution in [0, 0.1) is 0 Å². The van der Waals surface area contributed by atoms with Gasteiger partial charge >= 0.3 is 0 Å². The Morgan fingerprint density at radius 3 is 1.30 bits per heavy atom. The van der Waals surface area contributed by atoms with Crippen molar-refractivity contribution in [3.8, 4) is 0 Å². The smallest absolute Gasteiger partial charge is 0.239 e. The zero-order valence-corrected chi connectivity index (χ0v) is 34.4. The summed E-state index contributed by atoms with van der Waals surface area (Å²) in [5.74, 6) is 0.0843. The van der Waals surface area contributed by atoms with Crippen molar-refractivity contribution in [3.63, 3.8) is 0 Å². The van der Waals surface area contributed by atoms with Crippen LogP contribution in [0.4, 0.5) is 11.4 Å². The number of carbonyl (C=O) groups is 2. The quantitative estimate of drug-likeness (QED) is 0.114. The number of amides is 2. The molecule has 4 heterocycles. The number of rotatable bonds is 12. The number of piperidine rings is 2. The van der Waals surface area contributed by atoms with E-state index in [4.69, 9.17) is 46.4 Å². The van der Waals surface area contributed by atoms with E-state index in [1.807, 2.05) is 72.8 Å². The predicted octanol–water partition coefficient (Wildman–Crippen LogP) is 9.43. The molecule has 0 spiro atoms. The van der Waals surface area contributed by atoms with Crippen LogP contribution in [-0.4, -0.2) is 71.0 Å². The first-order valence-electron chi connectivity index (χ1n) is 19.7. The number of anilines is 2. The van der Waals surface area contributed by atoms with E-state index in [2.05, 4.69) is 55.3 Å². The highest BCUT2D eigenvalue weighted by molar-refractivity contribution is 6.31. The van der Waals surface area contributed by atoms with Crippen molar-refractivity contribution < 1.29 is 9.59 Å². The molecule has 0 aromatic heterocycles. The fourth-order valence-electron chi connectivity index (χ4n) is 8.99. The molecule has 8 rings (SSSR count). The van der Waals surface area contributed by atoms with Crippen LogP contribution in [0.5, 0.6) is 0 Å². The summed E-state index contributed by atoms with van der Waals surface area (Å²) >= 11 is 23.9. The first-order valence-corrected chi connectivity index (χ1v) is 21.2. The lowest BCUT2D eigenvalue weighted by atomic mass is 9.96. The van der Waals surface area contributed by atoms with Gasteiger partial charge in [-0.2, -0.15) is 0 Å². The number of hydrogen-bond donors (Lipinski definition) is 4. The van der Waals surface area contributed by atoms with E-state index < -0.39 is 0 Å². The molecule has 0 saturated carbocycles. The van der Waals surface area contributed by atoms with Crippen LogP contribution in [0.1, 0.15) is 62.5 Å². The molecule has 6 atom stereocenters. The highest BCUT2D eigenvalue weighted by atomic mass is 35.5. The molecule has 4 aromatic carbocycles. The van der Waals surface area contributed by atoms with Crippen LogP contribution in [0.3, 0.4) is 0 Å². The van der Waals surface area contributed by atoms with E-state index in [9.17, 15) is 9.59 Å². The van der Waals surface area contributed by atoms with Gasteiger partial charge in [-0.1, -0.05) is 76.7 Å². The number of hydrogen-bond acceptors (Lipinski definition) is 6. The second-order valence-electron chi connectivity index (χ2n) is 15.6.